The van der Waals surface area contributed by atoms with E-state index in [1.807, 2.05) is 6.07 Å². The Labute approximate surface area is 188 Å². The van der Waals surface area contributed by atoms with Gasteiger partial charge in [0.2, 0.25) is 0 Å². The lowest BCUT2D eigenvalue weighted by atomic mass is 9.89. The topological polar surface area (TPSA) is 13.1 Å². The van der Waals surface area contributed by atoms with Crippen molar-refractivity contribution in [3.63, 3.8) is 0 Å². The van der Waals surface area contributed by atoms with E-state index in [1.54, 1.807) is 0 Å². The normalized spacial score (nSPS) is 12.5. The molecule has 0 aliphatic heterocycles. The van der Waals surface area contributed by atoms with Crippen molar-refractivity contribution >= 4 is 48.6 Å². The molecule has 0 amide bonds. The summed E-state index contributed by atoms with van der Waals surface area (Å²) in [6.07, 6.45) is 0.974. The first-order valence-electron chi connectivity index (χ1n) is 10.5. The lowest BCUT2D eigenvalue weighted by Crippen LogP contribution is -1.91. The van der Waals surface area contributed by atoms with Crippen LogP contribution in [-0.4, -0.2) is 0 Å². The Morgan fingerprint density at radius 1 is 0.677 bits per heavy atom. The maximum absolute atomic E-state index is 6.16. The second kappa shape index (κ2) is 6.32. The fraction of sp³-hybridized carbons (Fsp3) is 0.0345. The van der Waals surface area contributed by atoms with Crippen molar-refractivity contribution in [3.05, 3.63) is 107 Å². The Morgan fingerprint density at radius 3 is 2.48 bits per heavy atom. The van der Waals surface area contributed by atoms with Gasteiger partial charge < -0.3 is 4.42 Å². The lowest BCUT2D eigenvalue weighted by Gasteiger charge is -2.14. The molecule has 0 unspecified atom stereocenters. The molecule has 0 bridgehead atoms. The average Bonchev–Trinajstić information content (AvgIpc) is 3.36. The number of rotatable bonds is 1. The van der Waals surface area contributed by atoms with Gasteiger partial charge in [0.15, 0.2) is 0 Å². The first-order chi connectivity index (χ1) is 15.3. The Balaban J connectivity index is 1.58. The van der Waals surface area contributed by atoms with Crippen molar-refractivity contribution in [2.75, 3.05) is 0 Å². The summed E-state index contributed by atoms with van der Waals surface area (Å²) in [4.78, 5) is 0. The van der Waals surface area contributed by atoms with Gasteiger partial charge in [-0.3, -0.25) is 0 Å². The van der Waals surface area contributed by atoms with E-state index >= 15 is 0 Å². The van der Waals surface area contributed by atoms with E-state index in [9.17, 15) is 0 Å². The molecule has 0 spiro atoms. The zero-order chi connectivity index (χ0) is 20.5. The van der Waals surface area contributed by atoms with Gasteiger partial charge in [-0.05, 0) is 90.8 Å². The monoisotopic (exact) mass is 460 g/mol. The summed E-state index contributed by atoms with van der Waals surface area (Å²) < 4.78 is 7.15. The van der Waals surface area contributed by atoms with Gasteiger partial charge >= 0.3 is 0 Å². The van der Waals surface area contributed by atoms with Crippen molar-refractivity contribution < 1.29 is 4.42 Å². The summed E-state index contributed by atoms with van der Waals surface area (Å²) in [5.74, 6) is 0. The molecule has 6 aromatic rings. The third-order valence-electron chi connectivity index (χ3n) is 6.57. The number of furan rings is 1. The summed E-state index contributed by atoms with van der Waals surface area (Å²) in [7, 11) is 0. The predicted octanol–water partition coefficient (Wildman–Crippen LogP) is 8.74. The molecule has 1 aliphatic carbocycles. The SMILES string of the molecule is Brc1cccc2c1oc1ccc(-c3c4c(cc5ccccc35)-c3ccccc3C4)cc12. The molecule has 1 aromatic heterocycles. The van der Waals surface area contributed by atoms with Crippen molar-refractivity contribution in [1.82, 2.24) is 0 Å². The highest BCUT2D eigenvalue weighted by Gasteiger charge is 2.24. The highest BCUT2D eigenvalue weighted by molar-refractivity contribution is 9.10. The van der Waals surface area contributed by atoms with Crippen molar-refractivity contribution in [3.8, 4) is 22.3 Å². The summed E-state index contributed by atoms with van der Waals surface area (Å²) in [5, 5.41) is 4.90. The molecule has 1 heterocycles. The molecule has 0 radical (unpaired) electrons. The van der Waals surface area contributed by atoms with E-state index in [4.69, 9.17) is 4.42 Å². The van der Waals surface area contributed by atoms with Crippen LogP contribution in [0.25, 0.3) is 55.0 Å². The molecule has 146 valence electrons. The van der Waals surface area contributed by atoms with E-state index in [1.165, 1.54) is 44.2 Å². The van der Waals surface area contributed by atoms with Crippen LogP contribution in [-0.2, 0) is 6.42 Å². The van der Waals surface area contributed by atoms with Crippen LogP contribution in [0.4, 0.5) is 0 Å². The van der Waals surface area contributed by atoms with Crippen LogP contribution in [0.3, 0.4) is 0 Å². The largest absolute Gasteiger partial charge is 0.455 e. The Hall–Kier alpha value is -3.36. The number of hydrogen-bond acceptors (Lipinski definition) is 1. The van der Waals surface area contributed by atoms with Crippen LogP contribution in [0, 0.1) is 0 Å². The van der Waals surface area contributed by atoms with Crippen molar-refractivity contribution in [1.29, 1.82) is 0 Å². The minimum absolute atomic E-state index is 0.908. The zero-order valence-electron chi connectivity index (χ0n) is 16.7. The fourth-order valence-electron chi connectivity index (χ4n) is 5.19. The van der Waals surface area contributed by atoms with Gasteiger partial charge in [0.1, 0.15) is 11.2 Å². The van der Waals surface area contributed by atoms with Crippen LogP contribution < -0.4 is 0 Å². The fourth-order valence-corrected chi connectivity index (χ4v) is 5.64. The molecule has 1 nitrogen and oxygen atoms in total. The number of para-hydroxylation sites is 1. The van der Waals surface area contributed by atoms with E-state index in [-0.39, 0.29) is 0 Å². The van der Waals surface area contributed by atoms with Crippen LogP contribution >= 0.6 is 15.9 Å². The molecule has 2 heteroatoms. The van der Waals surface area contributed by atoms with E-state index < -0.39 is 0 Å². The first-order valence-corrected chi connectivity index (χ1v) is 11.3. The van der Waals surface area contributed by atoms with Crippen LogP contribution in [0.5, 0.6) is 0 Å². The predicted molar refractivity (Wildman–Crippen MR) is 133 cm³/mol. The quantitative estimate of drug-likeness (QED) is 0.238. The molecular weight excluding hydrogens is 444 g/mol. The molecule has 1 aliphatic rings. The highest BCUT2D eigenvalue weighted by atomic mass is 79.9. The minimum Gasteiger partial charge on any atom is -0.455 e. The van der Waals surface area contributed by atoms with Crippen molar-refractivity contribution in [2.45, 2.75) is 6.42 Å². The van der Waals surface area contributed by atoms with Gasteiger partial charge in [-0.1, -0.05) is 66.7 Å². The Bertz CT molecular complexity index is 1670. The third kappa shape index (κ3) is 2.43. The maximum Gasteiger partial charge on any atom is 0.149 e. The highest BCUT2D eigenvalue weighted by Crippen LogP contribution is 2.46. The maximum atomic E-state index is 6.16. The number of fused-ring (bicyclic) bond motifs is 7. The third-order valence-corrected chi connectivity index (χ3v) is 7.19. The zero-order valence-corrected chi connectivity index (χ0v) is 18.2. The van der Waals surface area contributed by atoms with Gasteiger partial charge in [0.05, 0.1) is 4.47 Å². The Kier molecular flexibility index (Phi) is 3.53. The summed E-state index contributed by atoms with van der Waals surface area (Å²) >= 11 is 3.63. The summed E-state index contributed by atoms with van der Waals surface area (Å²) in [6.45, 7) is 0. The Morgan fingerprint density at radius 2 is 1.52 bits per heavy atom. The first kappa shape index (κ1) is 17.3. The molecular formula is C29H17BrO. The standard InChI is InChI=1S/C29H17BrO/c30-26-11-5-10-22-24-16-19(12-13-27(24)31-29(22)26)28-21-9-4-2-7-18(21)14-23-20-8-3-1-6-17(20)15-25(23)28/h1-14,16H,15H2. The van der Waals surface area contributed by atoms with Gasteiger partial charge in [-0.15, -0.1) is 0 Å². The lowest BCUT2D eigenvalue weighted by molar-refractivity contribution is 0.667. The number of halogens is 1. The van der Waals surface area contributed by atoms with Gasteiger partial charge in [-0.25, -0.2) is 0 Å². The van der Waals surface area contributed by atoms with Gasteiger partial charge in [0.25, 0.3) is 0 Å². The van der Waals surface area contributed by atoms with Gasteiger partial charge in [-0.2, -0.15) is 0 Å². The minimum atomic E-state index is 0.908. The molecule has 5 aromatic carbocycles. The summed E-state index contributed by atoms with van der Waals surface area (Å²) in [6, 6.07) is 32.8. The van der Waals surface area contributed by atoms with Crippen LogP contribution in [0.15, 0.2) is 99.9 Å². The number of benzene rings is 5. The molecule has 0 atom stereocenters. The smallest absolute Gasteiger partial charge is 0.149 e. The number of hydrogen-bond donors (Lipinski definition) is 0. The summed E-state index contributed by atoms with van der Waals surface area (Å²) in [5.41, 5.74) is 9.98. The molecule has 0 fully saturated rings. The average molecular weight is 461 g/mol. The van der Waals surface area contributed by atoms with E-state index in [0.29, 0.717) is 0 Å². The van der Waals surface area contributed by atoms with E-state index in [0.717, 1.165) is 32.8 Å². The molecule has 0 saturated heterocycles. The van der Waals surface area contributed by atoms with Crippen molar-refractivity contribution in [2.24, 2.45) is 0 Å². The molecule has 31 heavy (non-hydrogen) atoms. The van der Waals surface area contributed by atoms with E-state index in [2.05, 4.69) is 101 Å². The van der Waals surface area contributed by atoms with Crippen LogP contribution in [0.2, 0.25) is 0 Å². The molecule has 0 N–H and O–H groups in total. The second-order valence-corrected chi connectivity index (χ2v) is 9.12. The van der Waals surface area contributed by atoms with Gasteiger partial charge in [0, 0.05) is 10.8 Å². The molecule has 0 saturated carbocycles. The molecule has 7 rings (SSSR count). The van der Waals surface area contributed by atoms with Crippen LogP contribution in [0.1, 0.15) is 11.1 Å². The second-order valence-electron chi connectivity index (χ2n) is 8.26.